The van der Waals surface area contributed by atoms with E-state index in [1.807, 2.05) is 0 Å². The number of carbonyl (C=O) groups is 5. The number of aliphatic carboxylic acids is 1. The summed E-state index contributed by atoms with van der Waals surface area (Å²) < 4.78 is 62.5. The number of carboxylic acids is 1. The van der Waals surface area contributed by atoms with Crippen molar-refractivity contribution in [2.75, 3.05) is 6.61 Å². The van der Waals surface area contributed by atoms with E-state index in [1.54, 1.807) is 42.5 Å². The highest BCUT2D eigenvalue weighted by atomic mass is 16.7. The van der Waals surface area contributed by atoms with Gasteiger partial charge in [0, 0.05) is 38.6 Å². The Morgan fingerprint density at radius 2 is 1.48 bits per heavy atom. The van der Waals surface area contributed by atoms with Crippen molar-refractivity contribution in [3.63, 3.8) is 0 Å². The van der Waals surface area contributed by atoms with Gasteiger partial charge in [-0.3, -0.25) is 24.0 Å². The lowest BCUT2D eigenvalue weighted by Crippen LogP contribution is -2.63. The van der Waals surface area contributed by atoms with Crippen molar-refractivity contribution in [2.24, 2.45) is 0 Å². The smallest absolute Gasteiger partial charge is 0.307 e. The van der Waals surface area contributed by atoms with E-state index in [-0.39, 0.29) is 12.2 Å². The minimum absolute atomic E-state index is 0.131. The first kappa shape index (κ1) is 24.6. The van der Waals surface area contributed by atoms with Gasteiger partial charge in [0.05, 0.1) is 6.42 Å². The van der Waals surface area contributed by atoms with Crippen molar-refractivity contribution in [1.29, 1.82) is 0 Å². The summed E-state index contributed by atoms with van der Waals surface area (Å²) >= 11 is 0. The molecular formula is C28H30O12. The van der Waals surface area contributed by atoms with Crippen LogP contribution in [-0.2, 0) is 54.1 Å². The maximum Gasteiger partial charge on any atom is 0.307 e. The molecule has 3 rings (SSSR count). The normalized spacial score (nSPS) is 23.2. The van der Waals surface area contributed by atoms with Gasteiger partial charge in [0.2, 0.25) is 12.4 Å². The highest BCUT2D eigenvalue weighted by Gasteiger charge is 2.53. The second kappa shape index (κ2) is 13.6. The van der Waals surface area contributed by atoms with Crippen LogP contribution in [0.1, 0.15) is 38.6 Å². The van der Waals surface area contributed by atoms with Crippen molar-refractivity contribution in [2.45, 2.75) is 64.7 Å². The number of benzene rings is 2. The molecule has 2 aromatic rings. The fourth-order valence-corrected chi connectivity index (χ4v) is 4.10. The summed E-state index contributed by atoms with van der Waals surface area (Å²) in [7, 11) is 0. The predicted molar refractivity (Wildman–Crippen MR) is 136 cm³/mol. The molecule has 1 fully saturated rings. The topological polar surface area (TPSA) is 161 Å². The summed E-state index contributed by atoms with van der Waals surface area (Å²) in [5.41, 5.74) is 1.50. The number of hydrogen-bond donors (Lipinski definition) is 1. The largest absolute Gasteiger partial charge is 0.481 e. The Kier molecular flexibility index (Phi) is 8.33. The molecule has 0 saturated carbocycles. The average Bonchev–Trinajstić information content (AvgIpc) is 3.02. The van der Waals surface area contributed by atoms with E-state index in [0.29, 0.717) is 16.7 Å². The van der Waals surface area contributed by atoms with E-state index in [1.165, 1.54) is 6.07 Å². The first-order chi connectivity index (χ1) is 21.1. The lowest BCUT2D eigenvalue weighted by molar-refractivity contribution is -0.288. The van der Waals surface area contributed by atoms with Crippen molar-refractivity contribution in [3.05, 3.63) is 54.1 Å². The Labute approximate surface area is 235 Å². The third kappa shape index (κ3) is 8.27. The zero-order chi connectivity index (χ0) is 32.2. The maximum atomic E-state index is 12.3. The fraction of sp³-hybridized carbons (Fsp3) is 0.393. The van der Waals surface area contributed by atoms with Gasteiger partial charge in [0.25, 0.3) is 0 Å². The predicted octanol–water partition coefficient (Wildman–Crippen LogP) is 2.44. The summed E-state index contributed by atoms with van der Waals surface area (Å²) in [6, 6.07) is 13.1. The first-order valence-electron chi connectivity index (χ1n) is 14.6. The van der Waals surface area contributed by atoms with Crippen LogP contribution in [0.25, 0.3) is 11.1 Å². The van der Waals surface area contributed by atoms with Gasteiger partial charge in [0.1, 0.15) is 18.5 Å². The van der Waals surface area contributed by atoms with Crippen LogP contribution in [0.15, 0.2) is 48.5 Å². The number of carboxylic acid groups (broad SMARTS) is 1. The fourth-order valence-electron chi connectivity index (χ4n) is 4.10. The molecule has 0 radical (unpaired) electrons. The number of para-hydroxylation sites is 1. The van der Waals surface area contributed by atoms with Gasteiger partial charge in [-0.15, -0.1) is 0 Å². The second-order valence-corrected chi connectivity index (χ2v) is 8.47. The molecule has 0 aliphatic carbocycles. The standard InChI is InChI=1S/C28H30O12/c1-15(29)35-14-23-25(36-16(2)30)26(37-17(3)31)27(38-18(4)32)28(40-23)39-22-11-6-5-10-21(22)20-9-7-8-19(12-20)13-24(33)34/h5-12,23,25-28H,13-14H2,1-4H3,(H,33,34)/t23-,25-,26+,27+,28?/m1/s1/i1D,2D,3D,4D. The van der Waals surface area contributed by atoms with Crippen LogP contribution < -0.4 is 4.74 Å². The molecule has 0 bridgehead atoms. The molecule has 12 nitrogen and oxygen atoms in total. The molecule has 1 saturated heterocycles. The van der Waals surface area contributed by atoms with Crippen LogP contribution >= 0.6 is 0 Å². The van der Waals surface area contributed by atoms with Gasteiger partial charge >= 0.3 is 29.8 Å². The number of ether oxygens (including phenoxy) is 6. The lowest BCUT2D eigenvalue weighted by Gasteiger charge is -2.44. The monoisotopic (exact) mass is 562 g/mol. The molecular weight excluding hydrogens is 528 g/mol. The number of hydrogen-bond acceptors (Lipinski definition) is 11. The van der Waals surface area contributed by atoms with Crippen LogP contribution in [0.3, 0.4) is 0 Å². The van der Waals surface area contributed by atoms with E-state index in [0.717, 1.165) is 0 Å². The molecule has 1 unspecified atom stereocenters. The number of rotatable bonds is 10. The summed E-state index contributed by atoms with van der Waals surface area (Å²) in [5, 5.41) is 9.21. The molecule has 1 aliphatic heterocycles. The van der Waals surface area contributed by atoms with Gasteiger partial charge in [-0.2, -0.15) is 0 Å². The zero-order valence-electron chi connectivity index (χ0n) is 25.2. The highest BCUT2D eigenvalue weighted by Crippen LogP contribution is 2.35. The van der Waals surface area contributed by atoms with Crippen LogP contribution in [0, 0.1) is 0 Å². The van der Waals surface area contributed by atoms with Crippen LogP contribution in [-0.4, -0.2) is 72.3 Å². The van der Waals surface area contributed by atoms with Crippen molar-refractivity contribution in [1.82, 2.24) is 0 Å². The average molecular weight is 563 g/mol. The van der Waals surface area contributed by atoms with Crippen LogP contribution in [0.5, 0.6) is 5.75 Å². The van der Waals surface area contributed by atoms with Gasteiger partial charge in [-0.05, 0) is 17.2 Å². The summed E-state index contributed by atoms with van der Waals surface area (Å²) in [5.74, 6) is -5.19. The lowest BCUT2D eigenvalue weighted by atomic mass is 9.97. The molecule has 40 heavy (non-hydrogen) atoms. The van der Waals surface area contributed by atoms with E-state index in [4.69, 9.17) is 33.9 Å². The van der Waals surface area contributed by atoms with Crippen molar-refractivity contribution >= 4 is 29.8 Å². The van der Waals surface area contributed by atoms with Gasteiger partial charge in [-0.1, -0.05) is 42.5 Å². The van der Waals surface area contributed by atoms with Crippen LogP contribution in [0.4, 0.5) is 0 Å². The summed E-state index contributed by atoms with van der Waals surface area (Å²) in [6.07, 6.45) is -8.36. The third-order valence-electron chi connectivity index (χ3n) is 5.53. The molecule has 0 amide bonds. The minimum Gasteiger partial charge on any atom is -0.481 e. The molecule has 1 N–H and O–H groups in total. The quantitative estimate of drug-likeness (QED) is 0.333. The number of carbonyl (C=O) groups excluding carboxylic acids is 4. The zero-order valence-corrected chi connectivity index (χ0v) is 21.2. The second-order valence-electron chi connectivity index (χ2n) is 8.47. The Balaban J connectivity index is 2.09. The highest BCUT2D eigenvalue weighted by molar-refractivity contribution is 5.74. The Morgan fingerprint density at radius 3 is 2.15 bits per heavy atom. The molecule has 1 heterocycles. The molecule has 1 aliphatic rings. The van der Waals surface area contributed by atoms with E-state index >= 15 is 0 Å². The first-order valence-corrected chi connectivity index (χ1v) is 11.7. The van der Waals surface area contributed by atoms with E-state index in [2.05, 4.69) is 0 Å². The molecule has 0 aromatic heterocycles. The van der Waals surface area contributed by atoms with Crippen molar-refractivity contribution in [3.8, 4) is 16.9 Å². The van der Waals surface area contributed by atoms with Gasteiger partial charge in [0.15, 0.2) is 12.2 Å². The third-order valence-corrected chi connectivity index (χ3v) is 5.53. The Hall–Kier alpha value is -4.45. The van der Waals surface area contributed by atoms with E-state index < -0.39 is 94.8 Å². The van der Waals surface area contributed by atoms with Crippen LogP contribution in [0.2, 0.25) is 0 Å². The summed E-state index contributed by atoms with van der Waals surface area (Å²) in [4.78, 5) is 59.9. The van der Waals surface area contributed by atoms with E-state index in [9.17, 15) is 29.1 Å². The molecule has 0 spiro atoms. The SMILES string of the molecule is [2H]CC(=O)OC[C@H]1OC(Oc2ccccc2-c2cccc(CC(=O)O)c2)[C@@H](OC(=O)C[2H])[C@@H](OC(=O)C[2H])[C@@H]1OC(=O)C[2H]. The minimum atomic E-state index is -1.71. The Bertz CT molecular complexity index is 1340. The molecule has 2 aromatic carbocycles. The Morgan fingerprint density at radius 1 is 0.825 bits per heavy atom. The molecule has 5 atom stereocenters. The van der Waals surface area contributed by atoms with Gasteiger partial charge < -0.3 is 33.5 Å². The maximum absolute atomic E-state index is 12.3. The molecule has 214 valence electrons. The summed E-state index contributed by atoms with van der Waals surface area (Å²) in [6.45, 7) is -3.99. The van der Waals surface area contributed by atoms with Gasteiger partial charge in [-0.25, -0.2) is 0 Å². The number of esters is 4. The van der Waals surface area contributed by atoms with Crippen molar-refractivity contribution < 1.29 is 63.0 Å². The molecule has 12 heteroatoms.